The van der Waals surface area contributed by atoms with Gasteiger partial charge in [-0.15, -0.1) is 0 Å². The Morgan fingerprint density at radius 1 is 1.00 bits per heavy atom. The second kappa shape index (κ2) is 5.05. The molecule has 0 unspecified atom stereocenters. The Hall–Kier alpha value is -1.96. The van der Waals surface area contributed by atoms with Gasteiger partial charge in [0.1, 0.15) is 0 Å². The first-order chi connectivity index (χ1) is 7.45. The summed E-state index contributed by atoms with van der Waals surface area (Å²) in [6, 6.07) is 16.0. The van der Waals surface area contributed by atoms with Crippen LogP contribution in [0.2, 0.25) is 0 Å². The van der Waals surface area contributed by atoms with Crippen molar-refractivity contribution in [3.05, 3.63) is 66.0 Å². The fourth-order valence-electron chi connectivity index (χ4n) is 1.28. The van der Waals surface area contributed by atoms with Gasteiger partial charge in [-0.05, 0) is 17.7 Å². The molecule has 2 heteroatoms. The van der Waals surface area contributed by atoms with Crippen molar-refractivity contribution >= 4 is 6.21 Å². The van der Waals surface area contributed by atoms with Gasteiger partial charge in [-0.3, -0.25) is 9.98 Å². The maximum absolute atomic E-state index is 4.32. The van der Waals surface area contributed by atoms with Gasteiger partial charge in [0.05, 0.1) is 12.2 Å². The number of aromatic nitrogens is 1. The van der Waals surface area contributed by atoms with Crippen molar-refractivity contribution in [2.24, 2.45) is 4.99 Å². The summed E-state index contributed by atoms with van der Waals surface area (Å²) in [5, 5.41) is 0. The molecule has 0 spiro atoms. The van der Waals surface area contributed by atoms with E-state index in [1.165, 1.54) is 5.56 Å². The number of benzene rings is 1. The summed E-state index contributed by atoms with van der Waals surface area (Å²) in [7, 11) is 0. The van der Waals surface area contributed by atoms with E-state index in [-0.39, 0.29) is 0 Å². The third-order valence-electron chi connectivity index (χ3n) is 2.03. The highest BCUT2D eigenvalue weighted by molar-refractivity contribution is 5.76. The Balaban J connectivity index is 1.97. The highest BCUT2D eigenvalue weighted by atomic mass is 14.7. The minimum absolute atomic E-state index is 0.706. The summed E-state index contributed by atoms with van der Waals surface area (Å²) in [5.74, 6) is 0. The van der Waals surface area contributed by atoms with Crippen LogP contribution in [0.25, 0.3) is 0 Å². The molecule has 1 aromatic carbocycles. The fourth-order valence-corrected chi connectivity index (χ4v) is 1.28. The van der Waals surface area contributed by atoms with Gasteiger partial charge in [0, 0.05) is 12.4 Å². The minimum atomic E-state index is 0.706. The normalized spacial score (nSPS) is 10.7. The molecule has 0 saturated heterocycles. The standard InChI is InChI=1S/C13H12N2/c1-2-6-12(7-3-1)10-14-11-13-8-4-5-9-15-13/h1-9,11H,10H2/b14-11+. The van der Waals surface area contributed by atoms with Gasteiger partial charge in [-0.25, -0.2) is 0 Å². The SMILES string of the molecule is C(=N\Cc1ccccc1)/c1ccccn1. The van der Waals surface area contributed by atoms with E-state index in [0.29, 0.717) is 6.54 Å². The van der Waals surface area contributed by atoms with Gasteiger partial charge in [0.25, 0.3) is 0 Å². The van der Waals surface area contributed by atoms with Crippen LogP contribution in [-0.2, 0) is 6.54 Å². The van der Waals surface area contributed by atoms with Crippen molar-refractivity contribution in [2.45, 2.75) is 6.54 Å². The zero-order chi connectivity index (χ0) is 10.3. The van der Waals surface area contributed by atoms with Crippen LogP contribution in [0.1, 0.15) is 11.3 Å². The summed E-state index contributed by atoms with van der Waals surface area (Å²) in [5.41, 5.74) is 2.11. The Bertz CT molecular complexity index is 421. The van der Waals surface area contributed by atoms with Crippen LogP contribution in [0.15, 0.2) is 59.7 Å². The second-order valence-corrected chi connectivity index (χ2v) is 3.21. The van der Waals surface area contributed by atoms with E-state index in [2.05, 4.69) is 22.1 Å². The Morgan fingerprint density at radius 3 is 2.53 bits per heavy atom. The zero-order valence-electron chi connectivity index (χ0n) is 8.38. The summed E-state index contributed by atoms with van der Waals surface area (Å²) in [6.07, 6.45) is 3.57. The van der Waals surface area contributed by atoms with E-state index in [0.717, 1.165) is 5.69 Å². The second-order valence-electron chi connectivity index (χ2n) is 3.21. The third kappa shape index (κ3) is 3.02. The molecule has 1 heterocycles. The van der Waals surface area contributed by atoms with E-state index in [1.807, 2.05) is 36.4 Å². The summed E-state index contributed by atoms with van der Waals surface area (Å²) in [4.78, 5) is 8.48. The van der Waals surface area contributed by atoms with E-state index in [9.17, 15) is 0 Å². The lowest BCUT2D eigenvalue weighted by Gasteiger charge is -1.94. The molecule has 2 nitrogen and oxygen atoms in total. The number of hydrogen-bond acceptors (Lipinski definition) is 2. The molecule has 0 saturated carbocycles. The monoisotopic (exact) mass is 196 g/mol. The molecule has 2 aromatic rings. The van der Waals surface area contributed by atoms with Gasteiger partial charge in [-0.1, -0.05) is 36.4 Å². The average Bonchev–Trinajstić information content (AvgIpc) is 2.32. The van der Waals surface area contributed by atoms with Gasteiger partial charge in [-0.2, -0.15) is 0 Å². The largest absolute Gasteiger partial charge is 0.286 e. The maximum atomic E-state index is 4.32. The zero-order valence-corrected chi connectivity index (χ0v) is 8.38. The Labute approximate surface area is 89.3 Å². The predicted molar refractivity (Wildman–Crippen MR) is 62.0 cm³/mol. The van der Waals surface area contributed by atoms with Crippen LogP contribution in [0, 0.1) is 0 Å². The molecule has 0 fully saturated rings. The molecule has 74 valence electrons. The molecule has 0 N–H and O–H groups in total. The number of nitrogens with zero attached hydrogens (tertiary/aromatic N) is 2. The van der Waals surface area contributed by atoms with Gasteiger partial charge in [0.15, 0.2) is 0 Å². The van der Waals surface area contributed by atoms with Crippen molar-refractivity contribution in [3.8, 4) is 0 Å². The molecular weight excluding hydrogens is 184 g/mol. The van der Waals surface area contributed by atoms with E-state index in [4.69, 9.17) is 0 Å². The fraction of sp³-hybridized carbons (Fsp3) is 0.0769. The lowest BCUT2D eigenvalue weighted by Crippen LogP contribution is -1.86. The summed E-state index contributed by atoms with van der Waals surface area (Å²) >= 11 is 0. The quantitative estimate of drug-likeness (QED) is 0.693. The molecule has 0 aliphatic heterocycles. The first-order valence-electron chi connectivity index (χ1n) is 4.90. The summed E-state index contributed by atoms with van der Waals surface area (Å²) in [6.45, 7) is 0.706. The molecule has 0 bridgehead atoms. The lowest BCUT2D eigenvalue weighted by molar-refractivity contribution is 1.07. The molecule has 0 amide bonds. The highest BCUT2D eigenvalue weighted by Gasteiger charge is 1.87. The smallest absolute Gasteiger partial charge is 0.0807 e. The molecule has 2 rings (SSSR count). The molecule has 0 atom stereocenters. The Morgan fingerprint density at radius 2 is 1.80 bits per heavy atom. The van der Waals surface area contributed by atoms with Crippen LogP contribution in [0.3, 0.4) is 0 Å². The third-order valence-corrected chi connectivity index (χ3v) is 2.03. The van der Waals surface area contributed by atoms with Crippen molar-refractivity contribution in [2.75, 3.05) is 0 Å². The van der Waals surface area contributed by atoms with Crippen molar-refractivity contribution in [3.63, 3.8) is 0 Å². The van der Waals surface area contributed by atoms with Crippen molar-refractivity contribution in [1.29, 1.82) is 0 Å². The molecule has 15 heavy (non-hydrogen) atoms. The van der Waals surface area contributed by atoms with Crippen molar-refractivity contribution < 1.29 is 0 Å². The Kier molecular flexibility index (Phi) is 3.23. The predicted octanol–water partition coefficient (Wildman–Crippen LogP) is 2.70. The number of hydrogen-bond donors (Lipinski definition) is 0. The molecule has 0 aliphatic rings. The number of rotatable bonds is 3. The van der Waals surface area contributed by atoms with Gasteiger partial charge in [0.2, 0.25) is 0 Å². The van der Waals surface area contributed by atoms with Crippen molar-refractivity contribution in [1.82, 2.24) is 4.98 Å². The highest BCUT2D eigenvalue weighted by Crippen LogP contribution is 2.00. The average molecular weight is 196 g/mol. The van der Waals surface area contributed by atoms with Crippen LogP contribution < -0.4 is 0 Å². The van der Waals surface area contributed by atoms with E-state index in [1.54, 1.807) is 12.4 Å². The number of pyridine rings is 1. The van der Waals surface area contributed by atoms with Gasteiger partial charge < -0.3 is 0 Å². The molecule has 1 aromatic heterocycles. The first-order valence-corrected chi connectivity index (χ1v) is 4.90. The van der Waals surface area contributed by atoms with Crippen LogP contribution in [0.5, 0.6) is 0 Å². The summed E-state index contributed by atoms with van der Waals surface area (Å²) < 4.78 is 0. The molecule has 0 aliphatic carbocycles. The lowest BCUT2D eigenvalue weighted by atomic mass is 10.2. The number of aliphatic imine (C=N–C) groups is 1. The van der Waals surface area contributed by atoms with E-state index >= 15 is 0 Å². The van der Waals surface area contributed by atoms with Gasteiger partial charge >= 0.3 is 0 Å². The topological polar surface area (TPSA) is 25.2 Å². The maximum Gasteiger partial charge on any atom is 0.0807 e. The minimum Gasteiger partial charge on any atom is -0.286 e. The van der Waals surface area contributed by atoms with Crippen LogP contribution in [-0.4, -0.2) is 11.2 Å². The van der Waals surface area contributed by atoms with Crippen LogP contribution >= 0.6 is 0 Å². The molecule has 0 radical (unpaired) electrons. The van der Waals surface area contributed by atoms with Crippen LogP contribution in [0.4, 0.5) is 0 Å². The first kappa shape index (κ1) is 9.59. The molecular formula is C13H12N2. The van der Waals surface area contributed by atoms with E-state index < -0.39 is 0 Å².